The standard InChI is InChI=1S/C11H16OS/c1-10(12)6-3-2-4-7-11-8-5-9-13-11/h5,8-9H,2-4,6-7H2,1H3. The average Bonchev–Trinajstić information content (AvgIpc) is 2.55. The van der Waals surface area contributed by atoms with E-state index in [9.17, 15) is 4.79 Å². The second-order valence-corrected chi connectivity index (χ2v) is 4.37. The van der Waals surface area contributed by atoms with Gasteiger partial charge in [-0.25, -0.2) is 0 Å². The zero-order valence-corrected chi connectivity index (χ0v) is 8.90. The molecule has 0 fully saturated rings. The Morgan fingerprint density at radius 2 is 2.23 bits per heavy atom. The number of unbranched alkanes of at least 4 members (excludes halogenated alkanes) is 2. The lowest BCUT2D eigenvalue weighted by atomic mass is 10.1. The first-order valence-corrected chi connectivity index (χ1v) is 5.69. The summed E-state index contributed by atoms with van der Waals surface area (Å²) in [5, 5.41) is 2.12. The van der Waals surface area contributed by atoms with E-state index in [1.54, 1.807) is 6.92 Å². The van der Waals surface area contributed by atoms with E-state index in [0.29, 0.717) is 5.78 Å². The molecule has 0 atom stereocenters. The predicted octanol–water partition coefficient (Wildman–Crippen LogP) is 3.44. The van der Waals surface area contributed by atoms with Crippen LogP contribution < -0.4 is 0 Å². The van der Waals surface area contributed by atoms with E-state index < -0.39 is 0 Å². The molecule has 1 rings (SSSR count). The van der Waals surface area contributed by atoms with Crippen LogP contribution in [0.25, 0.3) is 0 Å². The average molecular weight is 196 g/mol. The van der Waals surface area contributed by atoms with E-state index in [2.05, 4.69) is 17.5 Å². The molecule has 2 heteroatoms. The van der Waals surface area contributed by atoms with Crippen LogP contribution in [0.3, 0.4) is 0 Å². The minimum Gasteiger partial charge on any atom is -0.300 e. The lowest BCUT2D eigenvalue weighted by Crippen LogP contribution is -1.89. The van der Waals surface area contributed by atoms with Gasteiger partial charge in [0.2, 0.25) is 0 Å². The van der Waals surface area contributed by atoms with Crippen molar-refractivity contribution in [2.45, 2.75) is 39.0 Å². The Hall–Kier alpha value is -0.630. The molecule has 0 aromatic carbocycles. The highest BCUT2D eigenvalue weighted by Gasteiger charge is 1.95. The summed E-state index contributed by atoms with van der Waals surface area (Å²) in [5.41, 5.74) is 0. The molecule has 0 spiro atoms. The number of carbonyl (C=O) groups excluding carboxylic acids is 1. The quantitative estimate of drug-likeness (QED) is 0.637. The van der Waals surface area contributed by atoms with Gasteiger partial charge in [0.05, 0.1) is 0 Å². The lowest BCUT2D eigenvalue weighted by molar-refractivity contribution is -0.117. The summed E-state index contributed by atoms with van der Waals surface area (Å²) in [5.74, 6) is 0.316. The molecule has 1 heterocycles. The Morgan fingerprint density at radius 3 is 2.85 bits per heavy atom. The molecular formula is C11H16OS. The number of Topliss-reactive ketones (excluding diaryl/α,β-unsaturated/α-hetero) is 1. The number of ketones is 1. The van der Waals surface area contributed by atoms with Gasteiger partial charge in [0.25, 0.3) is 0 Å². The van der Waals surface area contributed by atoms with Gasteiger partial charge in [0, 0.05) is 11.3 Å². The normalized spacial score (nSPS) is 10.2. The van der Waals surface area contributed by atoms with Crippen LogP contribution in [-0.2, 0) is 11.2 Å². The van der Waals surface area contributed by atoms with Gasteiger partial charge >= 0.3 is 0 Å². The first-order chi connectivity index (χ1) is 6.29. The molecule has 1 aromatic heterocycles. The molecule has 0 bridgehead atoms. The maximum atomic E-state index is 10.6. The first-order valence-electron chi connectivity index (χ1n) is 4.81. The number of aryl methyl sites for hydroxylation is 1. The van der Waals surface area contributed by atoms with Gasteiger partial charge in [-0.15, -0.1) is 11.3 Å². The maximum absolute atomic E-state index is 10.6. The van der Waals surface area contributed by atoms with Gasteiger partial charge in [0.1, 0.15) is 5.78 Å². The summed E-state index contributed by atoms with van der Waals surface area (Å²) >= 11 is 1.82. The third-order valence-electron chi connectivity index (χ3n) is 2.03. The van der Waals surface area contributed by atoms with Crippen LogP contribution in [-0.4, -0.2) is 5.78 Å². The summed E-state index contributed by atoms with van der Waals surface area (Å²) in [6.45, 7) is 1.67. The number of thiophene rings is 1. The molecule has 0 N–H and O–H groups in total. The van der Waals surface area contributed by atoms with Crippen LogP contribution in [0.15, 0.2) is 17.5 Å². The smallest absolute Gasteiger partial charge is 0.129 e. The van der Waals surface area contributed by atoms with Crippen molar-refractivity contribution in [3.8, 4) is 0 Å². The highest BCUT2D eigenvalue weighted by molar-refractivity contribution is 7.09. The van der Waals surface area contributed by atoms with Crippen LogP contribution in [0.5, 0.6) is 0 Å². The van der Waals surface area contributed by atoms with E-state index in [1.807, 2.05) is 11.3 Å². The summed E-state index contributed by atoms with van der Waals surface area (Å²) in [6.07, 6.45) is 5.38. The van der Waals surface area contributed by atoms with Crippen LogP contribution >= 0.6 is 11.3 Å². The van der Waals surface area contributed by atoms with Gasteiger partial charge in [-0.1, -0.05) is 12.5 Å². The Labute approximate surface area is 83.8 Å². The fourth-order valence-electron chi connectivity index (χ4n) is 1.30. The van der Waals surface area contributed by atoms with Crippen molar-refractivity contribution in [3.05, 3.63) is 22.4 Å². The Bertz CT molecular complexity index is 239. The molecule has 0 aliphatic carbocycles. The molecule has 0 aliphatic heterocycles. The summed E-state index contributed by atoms with van der Waals surface area (Å²) in [6, 6.07) is 4.27. The van der Waals surface area contributed by atoms with Crippen LogP contribution in [0.2, 0.25) is 0 Å². The minimum absolute atomic E-state index is 0.316. The Balaban J connectivity index is 1.99. The molecule has 1 nitrogen and oxygen atoms in total. The molecule has 13 heavy (non-hydrogen) atoms. The highest BCUT2D eigenvalue weighted by atomic mass is 32.1. The molecule has 0 amide bonds. The Kier molecular flexibility index (Phi) is 4.76. The van der Waals surface area contributed by atoms with Crippen molar-refractivity contribution in [1.82, 2.24) is 0 Å². The topological polar surface area (TPSA) is 17.1 Å². The molecule has 1 aromatic rings. The lowest BCUT2D eigenvalue weighted by Gasteiger charge is -1.97. The van der Waals surface area contributed by atoms with Crippen molar-refractivity contribution in [2.75, 3.05) is 0 Å². The van der Waals surface area contributed by atoms with Gasteiger partial charge in [-0.3, -0.25) is 0 Å². The molecule has 0 aliphatic rings. The molecule has 0 saturated heterocycles. The monoisotopic (exact) mass is 196 g/mol. The third-order valence-corrected chi connectivity index (χ3v) is 2.97. The summed E-state index contributed by atoms with van der Waals surface area (Å²) in [7, 11) is 0. The van der Waals surface area contributed by atoms with Crippen LogP contribution in [0.4, 0.5) is 0 Å². The van der Waals surface area contributed by atoms with Crippen LogP contribution in [0.1, 0.15) is 37.5 Å². The predicted molar refractivity (Wildman–Crippen MR) is 57.2 cm³/mol. The van der Waals surface area contributed by atoms with Crippen LogP contribution in [0, 0.1) is 0 Å². The minimum atomic E-state index is 0.316. The molecule has 0 unspecified atom stereocenters. The molecule has 0 radical (unpaired) electrons. The second-order valence-electron chi connectivity index (χ2n) is 3.34. The number of hydrogen-bond acceptors (Lipinski definition) is 2. The largest absolute Gasteiger partial charge is 0.300 e. The zero-order valence-electron chi connectivity index (χ0n) is 8.08. The fraction of sp³-hybridized carbons (Fsp3) is 0.545. The van der Waals surface area contributed by atoms with E-state index in [4.69, 9.17) is 0 Å². The van der Waals surface area contributed by atoms with E-state index >= 15 is 0 Å². The van der Waals surface area contributed by atoms with E-state index in [-0.39, 0.29) is 0 Å². The van der Waals surface area contributed by atoms with Gasteiger partial charge in [0.15, 0.2) is 0 Å². The molecule has 0 saturated carbocycles. The second kappa shape index (κ2) is 5.92. The third kappa shape index (κ3) is 4.83. The van der Waals surface area contributed by atoms with Crippen molar-refractivity contribution < 1.29 is 4.79 Å². The van der Waals surface area contributed by atoms with E-state index in [1.165, 1.54) is 24.1 Å². The summed E-state index contributed by atoms with van der Waals surface area (Å²) in [4.78, 5) is 12.1. The van der Waals surface area contributed by atoms with Gasteiger partial charge < -0.3 is 4.79 Å². The Morgan fingerprint density at radius 1 is 1.38 bits per heavy atom. The van der Waals surface area contributed by atoms with Gasteiger partial charge in [-0.05, 0) is 37.6 Å². The first kappa shape index (κ1) is 10.5. The summed E-state index contributed by atoms with van der Waals surface area (Å²) < 4.78 is 0. The molecular weight excluding hydrogens is 180 g/mol. The zero-order chi connectivity index (χ0) is 9.52. The van der Waals surface area contributed by atoms with Crippen molar-refractivity contribution in [3.63, 3.8) is 0 Å². The van der Waals surface area contributed by atoms with Crippen molar-refractivity contribution in [2.24, 2.45) is 0 Å². The van der Waals surface area contributed by atoms with E-state index in [0.717, 1.165) is 12.8 Å². The highest BCUT2D eigenvalue weighted by Crippen LogP contribution is 2.13. The number of hydrogen-bond donors (Lipinski definition) is 0. The maximum Gasteiger partial charge on any atom is 0.129 e. The van der Waals surface area contributed by atoms with Gasteiger partial charge in [-0.2, -0.15) is 0 Å². The number of rotatable bonds is 6. The van der Waals surface area contributed by atoms with Crippen molar-refractivity contribution >= 4 is 17.1 Å². The fourth-order valence-corrected chi connectivity index (χ4v) is 2.06. The number of carbonyl (C=O) groups is 1. The van der Waals surface area contributed by atoms with Crippen molar-refractivity contribution in [1.29, 1.82) is 0 Å². The SMILES string of the molecule is CC(=O)CCCCCc1cccs1. The molecule has 72 valence electrons.